The summed E-state index contributed by atoms with van der Waals surface area (Å²) in [5.41, 5.74) is 4.84. The van der Waals surface area contributed by atoms with Crippen LogP contribution in [-0.4, -0.2) is 24.7 Å². The van der Waals surface area contributed by atoms with Crippen LogP contribution >= 0.6 is 35.1 Å². The summed E-state index contributed by atoms with van der Waals surface area (Å²) in [6.07, 6.45) is 2.02. The normalized spacial score (nSPS) is 18.1. The number of halogens is 2. The van der Waals surface area contributed by atoms with Crippen molar-refractivity contribution in [3.63, 3.8) is 0 Å². The molecule has 22 heavy (non-hydrogen) atoms. The number of anilines is 1. The number of benzene rings is 2. The van der Waals surface area contributed by atoms with Gasteiger partial charge in [0.1, 0.15) is 0 Å². The highest BCUT2D eigenvalue weighted by Crippen LogP contribution is 2.38. The molecule has 0 radical (unpaired) electrons. The highest BCUT2D eigenvalue weighted by atomic mass is 35.5. The van der Waals surface area contributed by atoms with Crippen molar-refractivity contribution in [3.8, 4) is 0 Å². The molecule has 1 aliphatic rings. The zero-order valence-electron chi connectivity index (χ0n) is 12.6. The van der Waals surface area contributed by atoms with Crippen molar-refractivity contribution in [1.82, 2.24) is 4.90 Å². The average molecular weight is 353 g/mol. The van der Waals surface area contributed by atoms with Crippen LogP contribution < -0.4 is 4.72 Å². The Labute approximate surface area is 145 Å². The monoisotopic (exact) mass is 352 g/mol. The van der Waals surface area contributed by atoms with Crippen LogP contribution in [0, 0.1) is 0 Å². The molecule has 0 spiro atoms. The van der Waals surface area contributed by atoms with E-state index in [0.717, 1.165) is 23.8 Å². The molecule has 1 aliphatic heterocycles. The summed E-state index contributed by atoms with van der Waals surface area (Å²) in [5, 5.41) is 1.47. The Morgan fingerprint density at radius 1 is 1.23 bits per heavy atom. The second kappa shape index (κ2) is 6.71. The van der Waals surface area contributed by atoms with Gasteiger partial charge in [-0.15, -0.1) is 0 Å². The molecule has 116 valence electrons. The first-order chi connectivity index (χ1) is 10.6. The van der Waals surface area contributed by atoms with E-state index in [1.807, 2.05) is 12.3 Å². The molecule has 0 fully saturated rings. The zero-order valence-corrected chi connectivity index (χ0v) is 14.9. The molecule has 2 nitrogen and oxygen atoms in total. The van der Waals surface area contributed by atoms with Gasteiger partial charge in [-0.3, -0.25) is 0 Å². The van der Waals surface area contributed by atoms with Crippen LogP contribution in [0.25, 0.3) is 0 Å². The van der Waals surface area contributed by atoms with Gasteiger partial charge < -0.3 is 9.62 Å². The molecule has 0 saturated heterocycles. The second-order valence-electron chi connectivity index (χ2n) is 5.64. The van der Waals surface area contributed by atoms with Crippen molar-refractivity contribution in [2.45, 2.75) is 12.5 Å². The van der Waals surface area contributed by atoms with Crippen LogP contribution in [0.2, 0.25) is 10.0 Å². The first-order valence-electron chi connectivity index (χ1n) is 7.14. The van der Waals surface area contributed by atoms with E-state index in [0.29, 0.717) is 5.02 Å². The van der Waals surface area contributed by atoms with Gasteiger partial charge in [-0.05, 0) is 48.0 Å². The number of hydrogen-bond acceptors (Lipinski definition) is 3. The van der Waals surface area contributed by atoms with Crippen LogP contribution in [0.4, 0.5) is 5.69 Å². The number of nitrogens with zero attached hydrogens (tertiary/aromatic N) is 1. The van der Waals surface area contributed by atoms with E-state index in [1.165, 1.54) is 16.7 Å². The van der Waals surface area contributed by atoms with Crippen LogP contribution in [0.1, 0.15) is 22.6 Å². The number of fused-ring (bicyclic) bond motifs is 1. The van der Waals surface area contributed by atoms with Crippen LogP contribution in [-0.2, 0) is 6.54 Å². The standard InChI is InChI=1S/C17H18Cl2N2S/c1-21-9-15(11-4-3-5-13(6-11)20-22-2)14-7-12(18)8-17(19)16(14)10-21/h3-8,15,20H,9-10H2,1-2H3. The van der Waals surface area contributed by atoms with Gasteiger partial charge in [0.2, 0.25) is 0 Å². The summed E-state index contributed by atoms with van der Waals surface area (Å²) < 4.78 is 3.30. The van der Waals surface area contributed by atoms with Crippen molar-refractivity contribution in [3.05, 3.63) is 63.1 Å². The maximum atomic E-state index is 6.42. The van der Waals surface area contributed by atoms with Crippen molar-refractivity contribution >= 4 is 40.8 Å². The summed E-state index contributed by atoms with van der Waals surface area (Å²) in [4.78, 5) is 2.31. The van der Waals surface area contributed by atoms with E-state index >= 15 is 0 Å². The van der Waals surface area contributed by atoms with E-state index in [1.54, 1.807) is 11.9 Å². The Kier molecular flexibility index (Phi) is 4.88. The predicted molar refractivity (Wildman–Crippen MR) is 98.2 cm³/mol. The Morgan fingerprint density at radius 3 is 2.82 bits per heavy atom. The lowest BCUT2D eigenvalue weighted by atomic mass is 9.84. The van der Waals surface area contributed by atoms with E-state index in [-0.39, 0.29) is 5.92 Å². The van der Waals surface area contributed by atoms with Gasteiger partial charge in [0.15, 0.2) is 0 Å². The fraction of sp³-hybridized carbons (Fsp3) is 0.294. The van der Waals surface area contributed by atoms with Gasteiger partial charge in [0.05, 0.1) is 0 Å². The molecular formula is C17H18Cl2N2S. The number of nitrogens with one attached hydrogen (secondary N) is 1. The zero-order chi connectivity index (χ0) is 15.7. The van der Waals surface area contributed by atoms with E-state index in [9.17, 15) is 0 Å². The van der Waals surface area contributed by atoms with Crippen molar-refractivity contribution in [2.75, 3.05) is 24.6 Å². The molecule has 1 unspecified atom stereocenters. The topological polar surface area (TPSA) is 15.3 Å². The van der Waals surface area contributed by atoms with Gasteiger partial charge in [0.25, 0.3) is 0 Å². The largest absolute Gasteiger partial charge is 0.330 e. The van der Waals surface area contributed by atoms with Gasteiger partial charge in [0, 0.05) is 41.0 Å². The molecule has 1 N–H and O–H groups in total. The first-order valence-corrected chi connectivity index (χ1v) is 9.12. The molecule has 0 bridgehead atoms. The Hall–Kier alpha value is -0.870. The molecule has 0 saturated carbocycles. The number of rotatable bonds is 3. The summed E-state index contributed by atoms with van der Waals surface area (Å²) in [5.74, 6) is 0.286. The summed E-state index contributed by atoms with van der Waals surface area (Å²) in [6, 6.07) is 12.5. The Morgan fingerprint density at radius 2 is 2.05 bits per heavy atom. The lowest BCUT2D eigenvalue weighted by Crippen LogP contribution is -2.31. The fourth-order valence-corrected chi connectivity index (χ4v) is 4.00. The minimum atomic E-state index is 0.286. The minimum Gasteiger partial charge on any atom is -0.330 e. The third-order valence-corrected chi connectivity index (χ3v) is 5.00. The van der Waals surface area contributed by atoms with Crippen molar-refractivity contribution < 1.29 is 0 Å². The lowest BCUT2D eigenvalue weighted by molar-refractivity contribution is 0.295. The van der Waals surface area contributed by atoms with Gasteiger partial charge in [-0.25, -0.2) is 0 Å². The maximum absolute atomic E-state index is 6.42. The molecule has 2 aromatic carbocycles. The highest BCUT2D eigenvalue weighted by Gasteiger charge is 2.27. The lowest BCUT2D eigenvalue weighted by Gasteiger charge is -2.33. The maximum Gasteiger partial charge on any atom is 0.0468 e. The molecule has 1 atom stereocenters. The van der Waals surface area contributed by atoms with E-state index in [2.05, 4.69) is 47.0 Å². The number of hydrogen-bond donors (Lipinski definition) is 1. The molecule has 3 rings (SSSR count). The Balaban J connectivity index is 2.07. The van der Waals surface area contributed by atoms with Gasteiger partial charge in [-0.1, -0.05) is 47.3 Å². The first kappa shape index (κ1) is 16.0. The minimum absolute atomic E-state index is 0.286. The van der Waals surface area contributed by atoms with Crippen LogP contribution in [0.5, 0.6) is 0 Å². The summed E-state index contributed by atoms with van der Waals surface area (Å²) in [6.45, 7) is 1.83. The van der Waals surface area contributed by atoms with Gasteiger partial charge >= 0.3 is 0 Å². The molecule has 5 heteroatoms. The highest BCUT2D eigenvalue weighted by molar-refractivity contribution is 7.99. The molecule has 1 heterocycles. The SMILES string of the molecule is CSNc1cccc(C2CN(C)Cc3c(Cl)cc(Cl)cc32)c1. The quantitative estimate of drug-likeness (QED) is 0.758. The third kappa shape index (κ3) is 3.23. The van der Waals surface area contributed by atoms with Crippen molar-refractivity contribution in [2.24, 2.45) is 0 Å². The predicted octanol–water partition coefficient (Wildman–Crippen LogP) is 5.26. The third-order valence-electron chi connectivity index (χ3n) is 4.00. The number of likely N-dealkylation sites (N-methyl/N-ethyl adjacent to an activating group) is 1. The molecule has 0 amide bonds. The smallest absolute Gasteiger partial charge is 0.0468 e. The van der Waals surface area contributed by atoms with Crippen molar-refractivity contribution in [1.29, 1.82) is 0 Å². The molecular weight excluding hydrogens is 335 g/mol. The average Bonchev–Trinajstić information content (AvgIpc) is 2.48. The van der Waals surface area contributed by atoms with Crippen LogP contribution in [0.3, 0.4) is 0 Å². The van der Waals surface area contributed by atoms with E-state index < -0.39 is 0 Å². The summed E-state index contributed by atoms with van der Waals surface area (Å²) >= 11 is 14.3. The molecule has 2 aromatic rings. The molecule has 0 aliphatic carbocycles. The molecule has 0 aromatic heterocycles. The van der Waals surface area contributed by atoms with E-state index in [4.69, 9.17) is 23.2 Å². The second-order valence-corrected chi connectivity index (χ2v) is 7.09. The Bertz CT molecular complexity index is 690. The summed E-state index contributed by atoms with van der Waals surface area (Å²) in [7, 11) is 2.13. The van der Waals surface area contributed by atoms with Gasteiger partial charge in [-0.2, -0.15) is 0 Å². The van der Waals surface area contributed by atoms with Crippen LogP contribution in [0.15, 0.2) is 36.4 Å². The fourth-order valence-electron chi connectivity index (χ4n) is 3.07.